The minimum absolute atomic E-state index is 0.697. The summed E-state index contributed by atoms with van der Waals surface area (Å²) in [6.07, 6.45) is 0. The monoisotopic (exact) mass is 407 g/mol. The molecular weight excluding hydrogens is 389 g/mol. The lowest BCUT2D eigenvalue weighted by Gasteiger charge is -2.14. The van der Waals surface area contributed by atoms with Crippen LogP contribution in [0.5, 0.6) is 0 Å². The Balaban J connectivity index is 1.88. The lowest BCUT2D eigenvalue weighted by molar-refractivity contribution is 1.06. The van der Waals surface area contributed by atoms with Crippen molar-refractivity contribution in [2.75, 3.05) is 5.32 Å². The molecule has 3 nitrogen and oxygen atoms in total. The van der Waals surface area contributed by atoms with Crippen molar-refractivity contribution in [2.24, 2.45) is 0 Å². The van der Waals surface area contributed by atoms with Gasteiger partial charge in [-0.15, -0.1) is 10.2 Å². The molecule has 0 spiro atoms. The summed E-state index contributed by atoms with van der Waals surface area (Å²) in [5.41, 5.74) is 6.14. The highest BCUT2D eigenvalue weighted by atomic mass is 35.5. The molecule has 0 amide bonds. The fourth-order valence-corrected chi connectivity index (χ4v) is 3.44. The van der Waals surface area contributed by atoms with Gasteiger partial charge in [0, 0.05) is 32.1 Å². The first-order valence-corrected chi connectivity index (χ1v) is 9.75. The molecule has 0 unspecified atom stereocenters. The number of hydrogen-bond acceptors (Lipinski definition) is 3. The highest BCUT2D eigenvalue weighted by molar-refractivity contribution is 6.31. The third kappa shape index (κ3) is 3.56. The van der Waals surface area contributed by atoms with E-state index in [1.165, 1.54) is 11.1 Å². The zero-order chi connectivity index (χ0) is 19.8. The Morgan fingerprint density at radius 2 is 1.39 bits per heavy atom. The number of anilines is 2. The van der Waals surface area contributed by atoms with Gasteiger partial charge in [0.15, 0.2) is 5.82 Å². The van der Waals surface area contributed by atoms with Gasteiger partial charge in [-0.05, 0) is 73.9 Å². The van der Waals surface area contributed by atoms with E-state index in [0.29, 0.717) is 15.9 Å². The Hall–Kier alpha value is -2.62. The van der Waals surface area contributed by atoms with Gasteiger partial charge in [0.1, 0.15) is 5.69 Å². The van der Waals surface area contributed by atoms with Crippen LogP contribution in [-0.2, 0) is 0 Å². The van der Waals surface area contributed by atoms with E-state index in [0.717, 1.165) is 33.3 Å². The smallest absolute Gasteiger partial charge is 0.161 e. The second-order valence-corrected chi connectivity index (χ2v) is 7.82. The number of aryl methyl sites for hydroxylation is 3. The summed E-state index contributed by atoms with van der Waals surface area (Å²) in [6, 6.07) is 17.9. The van der Waals surface area contributed by atoms with Crippen molar-refractivity contribution in [3.63, 3.8) is 0 Å². The predicted molar refractivity (Wildman–Crippen MR) is 119 cm³/mol. The standard InChI is InChI=1S/C23H19Cl2N3/c1-13-4-9-18(12-21(13)25)26-23-20-11-15(3)14(2)10-19(20)22(27-28-23)16-5-7-17(24)8-6-16/h4-12H,1-3H3,(H,26,28). The fourth-order valence-electron chi connectivity index (χ4n) is 3.14. The molecule has 5 heteroatoms. The van der Waals surface area contributed by atoms with Crippen LogP contribution in [0.4, 0.5) is 11.5 Å². The van der Waals surface area contributed by atoms with Gasteiger partial charge in [-0.25, -0.2) is 0 Å². The normalized spacial score (nSPS) is 11.0. The Kier molecular flexibility index (Phi) is 4.96. The van der Waals surface area contributed by atoms with Crippen LogP contribution in [0, 0.1) is 20.8 Å². The number of nitrogens with one attached hydrogen (secondary N) is 1. The van der Waals surface area contributed by atoms with E-state index >= 15 is 0 Å². The highest BCUT2D eigenvalue weighted by Crippen LogP contribution is 2.34. The second kappa shape index (κ2) is 7.42. The molecule has 4 rings (SSSR count). The zero-order valence-corrected chi connectivity index (χ0v) is 17.4. The Bertz CT molecular complexity index is 1180. The molecule has 0 aliphatic rings. The molecule has 4 aromatic rings. The second-order valence-electron chi connectivity index (χ2n) is 6.98. The number of aromatic nitrogens is 2. The van der Waals surface area contributed by atoms with Crippen LogP contribution in [0.25, 0.3) is 22.0 Å². The number of hydrogen-bond donors (Lipinski definition) is 1. The van der Waals surface area contributed by atoms with Crippen molar-refractivity contribution in [2.45, 2.75) is 20.8 Å². The molecule has 1 N–H and O–H groups in total. The number of halogens is 2. The molecule has 3 aromatic carbocycles. The maximum atomic E-state index is 6.28. The van der Waals surface area contributed by atoms with E-state index in [2.05, 4.69) is 41.5 Å². The molecule has 0 fully saturated rings. The zero-order valence-electron chi connectivity index (χ0n) is 15.8. The molecule has 0 aliphatic carbocycles. The predicted octanol–water partition coefficient (Wildman–Crippen LogP) is 7.27. The van der Waals surface area contributed by atoms with Gasteiger partial charge in [-0.2, -0.15) is 0 Å². The molecule has 0 atom stereocenters. The molecule has 28 heavy (non-hydrogen) atoms. The summed E-state index contributed by atoms with van der Waals surface area (Å²) in [5, 5.41) is 15.9. The first-order valence-electron chi connectivity index (χ1n) is 8.99. The third-order valence-electron chi connectivity index (χ3n) is 4.95. The molecular formula is C23H19Cl2N3. The minimum atomic E-state index is 0.697. The van der Waals surface area contributed by atoms with E-state index in [1.54, 1.807) is 0 Å². The lowest BCUT2D eigenvalue weighted by Crippen LogP contribution is -2.00. The van der Waals surface area contributed by atoms with E-state index in [4.69, 9.17) is 23.2 Å². The fraction of sp³-hybridized carbons (Fsp3) is 0.130. The van der Waals surface area contributed by atoms with Crippen LogP contribution in [0.3, 0.4) is 0 Å². The molecule has 0 aliphatic heterocycles. The third-order valence-corrected chi connectivity index (χ3v) is 5.61. The van der Waals surface area contributed by atoms with E-state index in [1.807, 2.05) is 49.4 Å². The lowest BCUT2D eigenvalue weighted by atomic mass is 9.99. The van der Waals surface area contributed by atoms with E-state index < -0.39 is 0 Å². The molecule has 0 saturated carbocycles. The van der Waals surface area contributed by atoms with E-state index in [9.17, 15) is 0 Å². The van der Waals surface area contributed by atoms with Gasteiger partial charge >= 0.3 is 0 Å². The largest absolute Gasteiger partial charge is 0.338 e. The maximum Gasteiger partial charge on any atom is 0.161 e. The molecule has 1 heterocycles. The van der Waals surface area contributed by atoms with Crippen molar-refractivity contribution in [3.8, 4) is 11.3 Å². The number of rotatable bonds is 3. The summed E-state index contributed by atoms with van der Waals surface area (Å²) in [6.45, 7) is 6.19. The Morgan fingerprint density at radius 3 is 2.07 bits per heavy atom. The van der Waals surface area contributed by atoms with Gasteiger partial charge in [0.05, 0.1) is 0 Å². The van der Waals surface area contributed by atoms with Crippen LogP contribution in [0.2, 0.25) is 10.0 Å². The number of nitrogens with zero attached hydrogens (tertiary/aromatic N) is 2. The summed E-state index contributed by atoms with van der Waals surface area (Å²) >= 11 is 12.3. The average Bonchev–Trinajstić information content (AvgIpc) is 2.67. The van der Waals surface area contributed by atoms with Crippen LogP contribution in [0.15, 0.2) is 54.6 Å². The van der Waals surface area contributed by atoms with Crippen LogP contribution in [-0.4, -0.2) is 10.2 Å². The van der Waals surface area contributed by atoms with Crippen LogP contribution >= 0.6 is 23.2 Å². The SMILES string of the molecule is Cc1cc2c(Nc3ccc(C)c(Cl)c3)nnc(-c3ccc(Cl)cc3)c2cc1C. The Morgan fingerprint density at radius 1 is 0.714 bits per heavy atom. The summed E-state index contributed by atoms with van der Waals surface area (Å²) in [4.78, 5) is 0. The molecule has 0 saturated heterocycles. The maximum absolute atomic E-state index is 6.28. The van der Waals surface area contributed by atoms with Crippen molar-refractivity contribution >= 4 is 45.5 Å². The molecule has 0 radical (unpaired) electrons. The summed E-state index contributed by atoms with van der Waals surface area (Å²) in [7, 11) is 0. The van der Waals surface area contributed by atoms with Crippen molar-refractivity contribution in [1.29, 1.82) is 0 Å². The number of fused-ring (bicyclic) bond motifs is 1. The first kappa shape index (κ1) is 18.7. The first-order chi connectivity index (χ1) is 13.4. The topological polar surface area (TPSA) is 37.8 Å². The molecule has 140 valence electrons. The highest BCUT2D eigenvalue weighted by Gasteiger charge is 2.13. The van der Waals surface area contributed by atoms with Gasteiger partial charge in [0.25, 0.3) is 0 Å². The number of benzene rings is 3. The quantitative estimate of drug-likeness (QED) is 0.387. The summed E-state index contributed by atoms with van der Waals surface area (Å²) < 4.78 is 0. The van der Waals surface area contributed by atoms with Gasteiger partial charge in [0.2, 0.25) is 0 Å². The van der Waals surface area contributed by atoms with Gasteiger partial charge in [-0.1, -0.05) is 41.4 Å². The van der Waals surface area contributed by atoms with Crippen LogP contribution in [0.1, 0.15) is 16.7 Å². The molecule has 1 aromatic heterocycles. The Labute approximate surface area is 174 Å². The minimum Gasteiger partial charge on any atom is -0.338 e. The van der Waals surface area contributed by atoms with Gasteiger partial charge in [-0.3, -0.25) is 0 Å². The molecule has 0 bridgehead atoms. The van der Waals surface area contributed by atoms with Gasteiger partial charge < -0.3 is 5.32 Å². The van der Waals surface area contributed by atoms with E-state index in [-0.39, 0.29) is 0 Å². The van der Waals surface area contributed by atoms with Crippen molar-refractivity contribution in [3.05, 3.63) is 81.3 Å². The van der Waals surface area contributed by atoms with Crippen molar-refractivity contribution in [1.82, 2.24) is 10.2 Å². The average molecular weight is 408 g/mol. The van der Waals surface area contributed by atoms with Crippen molar-refractivity contribution < 1.29 is 0 Å². The van der Waals surface area contributed by atoms with Crippen LogP contribution < -0.4 is 5.32 Å². The summed E-state index contributed by atoms with van der Waals surface area (Å²) in [5.74, 6) is 0.704.